The molecule has 1 saturated heterocycles. The Hall–Kier alpha value is -3.89. The molecule has 4 heteroatoms. The van der Waals surface area contributed by atoms with Gasteiger partial charge in [0, 0.05) is 16.7 Å². The van der Waals surface area contributed by atoms with E-state index in [0.29, 0.717) is 17.7 Å². The van der Waals surface area contributed by atoms with Crippen LogP contribution < -0.4 is 0 Å². The highest BCUT2D eigenvalue weighted by Crippen LogP contribution is 2.34. The standard InChI is InChI=1S/C30H21F3O/c1-2-19-3-10-22(11-4-19)25-15-13-23(29(32)30(25)33)12-7-20-5-8-21(9-6-20)24-14-16-26(27(31)17-24)28-18-34-28/h2-17,28H,1,18H2/b12-7+. The first-order valence-electron chi connectivity index (χ1n) is 10.9. The minimum Gasteiger partial charge on any atom is -0.368 e. The summed E-state index contributed by atoms with van der Waals surface area (Å²) in [5.74, 6) is -2.05. The molecule has 1 aliphatic heterocycles. The normalized spacial score (nSPS) is 15.0. The summed E-state index contributed by atoms with van der Waals surface area (Å²) >= 11 is 0. The summed E-state index contributed by atoms with van der Waals surface area (Å²) < 4.78 is 48.9. The molecule has 1 nitrogen and oxygen atoms in total. The predicted octanol–water partition coefficient (Wildman–Crippen LogP) is 8.32. The lowest BCUT2D eigenvalue weighted by atomic mass is 10.00. The van der Waals surface area contributed by atoms with Crippen LogP contribution in [0.3, 0.4) is 0 Å². The van der Waals surface area contributed by atoms with Gasteiger partial charge in [-0.3, -0.25) is 0 Å². The second kappa shape index (κ2) is 9.16. The highest BCUT2D eigenvalue weighted by atomic mass is 19.2. The van der Waals surface area contributed by atoms with E-state index in [1.54, 1.807) is 60.7 Å². The van der Waals surface area contributed by atoms with Crippen LogP contribution in [-0.4, -0.2) is 6.61 Å². The lowest BCUT2D eigenvalue weighted by molar-refractivity contribution is 0.408. The van der Waals surface area contributed by atoms with Crippen molar-refractivity contribution in [1.29, 1.82) is 0 Å². The first kappa shape index (κ1) is 21.9. The van der Waals surface area contributed by atoms with Crippen LogP contribution in [0.2, 0.25) is 0 Å². The molecule has 1 unspecified atom stereocenters. The van der Waals surface area contributed by atoms with Crippen LogP contribution in [0.5, 0.6) is 0 Å². The zero-order valence-corrected chi connectivity index (χ0v) is 18.3. The maximum absolute atomic E-state index is 14.7. The maximum atomic E-state index is 14.7. The number of benzene rings is 4. The van der Waals surface area contributed by atoms with Crippen LogP contribution in [0.4, 0.5) is 13.2 Å². The fourth-order valence-electron chi connectivity index (χ4n) is 3.88. The molecule has 0 N–H and O–H groups in total. The van der Waals surface area contributed by atoms with E-state index in [1.807, 2.05) is 30.3 Å². The average Bonchev–Trinajstić information content (AvgIpc) is 3.71. The Bertz CT molecular complexity index is 1380. The first-order chi connectivity index (χ1) is 16.5. The van der Waals surface area contributed by atoms with Crippen LogP contribution in [0.25, 0.3) is 40.5 Å². The van der Waals surface area contributed by atoms with Crippen molar-refractivity contribution in [2.75, 3.05) is 6.61 Å². The summed E-state index contributed by atoms with van der Waals surface area (Å²) in [6.45, 7) is 4.26. The Kier molecular flexibility index (Phi) is 5.91. The minimum atomic E-state index is -0.895. The van der Waals surface area contributed by atoms with Gasteiger partial charge in [0.15, 0.2) is 11.6 Å². The van der Waals surface area contributed by atoms with Crippen LogP contribution >= 0.6 is 0 Å². The maximum Gasteiger partial charge on any atom is 0.167 e. The fraction of sp³-hybridized carbons (Fsp3) is 0.0667. The quantitative estimate of drug-likeness (QED) is 0.211. The Morgan fingerprint density at radius 1 is 0.706 bits per heavy atom. The van der Waals surface area contributed by atoms with Gasteiger partial charge in [0.2, 0.25) is 0 Å². The molecule has 5 rings (SSSR count). The van der Waals surface area contributed by atoms with E-state index in [4.69, 9.17) is 4.74 Å². The average molecular weight is 454 g/mol. The number of hydrogen-bond donors (Lipinski definition) is 0. The monoisotopic (exact) mass is 454 g/mol. The molecule has 0 radical (unpaired) electrons. The third-order valence-corrected chi connectivity index (χ3v) is 5.95. The zero-order valence-electron chi connectivity index (χ0n) is 18.3. The smallest absolute Gasteiger partial charge is 0.167 e. The van der Waals surface area contributed by atoms with E-state index in [9.17, 15) is 13.2 Å². The molecule has 168 valence electrons. The SMILES string of the molecule is C=Cc1ccc(-c2ccc(/C=C/c3ccc(-c4ccc(C5CO5)c(F)c4)cc3)c(F)c2F)cc1. The van der Waals surface area contributed by atoms with Crippen molar-refractivity contribution in [3.8, 4) is 22.3 Å². The molecule has 1 fully saturated rings. The zero-order chi connectivity index (χ0) is 23.7. The molecule has 4 aromatic carbocycles. The topological polar surface area (TPSA) is 12.5 Å². The Morgan fingerprint density at radius 3 is 2.00 bits per heavy atom. The van der Waals surface area contributed by atoms with Gasteiger partial charge in [0.25, 0.3) is 0 Å². The summed E-state index contributed by atoms with van der Waals surface area (Å²) in [6.07, 6.45) is 4.83. The number of hydrogen-bond acceptors (Lipinski definition) is 1. The second-order valence-corrected chi connectivity index (χ2v) is 8.17. The Labute approximate surface area is 196 Å². The van der Waals surface area contributed by atoms with E-state index in [2.05, 4.69) is 6.58 Å². The third-order valence-electron chi connectivity index (χ3n) is 5.95. The van der Waals surface area contributed by atoms with Crippen molar-refractivity contribution in [3.05, 3.63) is 125 Å². The molecule has 1 atom stereocenters. The summed E-state index contributed by atoms with van der Waals surface area (Å²) in [4.78, 5) is 0. The van der Waals surface area contributed by atoms with Crippen molar-refractivity contribution in [2.45, 2.75) is 6.10 Å². The van der Waals surface area contributed by atoms with Crippen LogP contribution in [-0.2, 0) is 4.74 Å². The van der Waals surface area contributed by atoms with Crippen molar-refractivity contribution < 1.29 is 17.9 Å². The molecular formula is C30H21F3O. The molecule has 0 amide bonds. The van der Waals surface area contributed by atoms with Crippen molar-refractivity contribution >= 4 is 18.2 Å². The molecule has 1 aliphatic rings. The van der Waals surface area contributed by atoms with Gasteiger partial charge in [-0.1, -0.05) is 97.6 Å². The van der Waals surface area contributed by atoms with Crippen molar-refractivity contribution in [2.24, 2.45) is 0 Å². The predicted molar refractivity (Wildman–Crippen MR) is 131 cm³/mol. The van der Waals surface area contributed by atoms with E-state index < -0.39 is 11.6 Å². The molecule has 34 heavy (non-hydrogen) atoms. The van der Waals surface area contributed by atoms with Gasteiger partial charge in [-0.15, -0.1) is 0 Å². The van der Waals surface area contributed by atoms with Crippen molar-refractivity contribution in [3.63, 3.8) is 0 Å². The molecule has 0 spiro atoms. The molecule has 0 saturated carbocycles. The number of rotatable bonds is 6. The van der Waals surface area contributed by atoms with Gasteiger partial charge in [-0.05, 0) is 33.9 Å². The Balaban J connectivity index is 1.34. The third kappa shape index (κ3) is 4.45. The summed E-state index contributed by atoms with van der Waals surface area (Å²) in [7, 11) is 0. The van der Waals surface area contributed by atoms with E-state index in [-0.39, 0.29) is 23.0 Å². The summed E-state index contributed by atoms with van der Waals surface area (Å²) in [6, 6.07) is 22.8. The lowest BCUT2D eigenvalue weighted by Gasteiger charge is -2.07. The lowest BCUT2D eigenvalue weighted by Crippen LogP contribution is -1.93. The van der Waals surface area contributed by atoms with Gasteiger partial charge in [-0.2, -0.15) is 0 Å². The molecular weight excluding hydrogens is 433 g/mol. The largest absolute Gasteiger partial charge is 0.368 e. The minimum absolute atomic E-state index is 0.126. The fourth-order valence-corrected chi connectivity index (χ4v) is 3.88. The van der Waals surface area contributed by atoms with Crippen molar-refractivity contribution in [1.82, 2.24) is 0 Å². The Morgan fingerprint density at radius 2 is 1.35 bits per heavy atom. The molecule has 0 aromatic heterocycles. The van der Waals surface area contributed by atoms with Gasteiger partial charge in [-0.25, -0.2) is 13.2 Å². The van der Waals surface area contributed by atoms with Gasteiger partial charge >= 0.3 is 0 Å². The first-order valence-corrected chi connectivity index (χ1v) is 10.9. The van der Waals surface area contributed by atoms with Crippen LogP contribution in [0.15, 0.2) is 85.4 Å². The van der Waals surface area contributed by atoms with Gasteiger partial charge in [0.05, 0.1) is 6.61 Å². The molecule has 0 aliphatic carbocycles. The number of halogens is 3. The summed E-state index contributed by atoms with van der Waals surface area (Å²) in [5.41, 5.74) is 4.90. The summed E-state index contributed by atoms with van der Waals surface area (Å²) in [5, 5.41) is 0. The molecule has 0 bridgehead atoms. The molecule has 4 aromatic rings. The van der Waals surface area contributed by atoms with Crippen LogP contribution in [0.1, 0.15) is 28.4 Å². The number of epoxide rings is 1. The highest BCUT2D eigenvalue weighted by molar-refractivity contribution is 5.74. The van der Waals surface area contributed by atoms with Gasteiger partial charge < -0.3 is 4.74 Å². The second-order valence-electron chi connectivity index (χ2n) is 8.17. The van der Waals surface area contributed by atoms with E-state index >= 15 is 0 Å². The van der Waals surface area contributed by atoms with Crippen LogP contribution in [0, 0.1) is 17.5 Å². The van der Waals surface area contributed by atoms with Gasteiger partial charge in [0.1, 0.15) is 11.9 Å². The number of ether oxygens (including phenoxy) is 1. The van der Waals surface area contributed by atoms with E-state index in [0.717, 1.165) is 22.3 Å². The van der Waals surface area contributed by atoms with E-state index in [1.165, 1.54) is 6.07 Å². The highest BCUT2D eigenvalue weighted by Gasteiger charge is 2.27. The molecule has 1 heterocycles.